The predicted molar refractivity (Wildman–Crippen MR) is 93.2 cm³/mol. The van der Waals surface area contributed by atoms with E-state index in [4.69, 9.17) is 15.2 Å². The Balaban J connectivity index is 1.91. The molecular weight excluding hydrogens is 302 g/mol. The quantitative estimate of drug-likeness (QED) is 0.627. The minimum atomic E-state index is 0.273. The number of aromatic nitrogens is 2. The first-order valence-corrected chi connectivity index (χ1v) is 7.68. The summed E-state index contributed by atoms with van der Waals surface area (Å²) in [4.78, 5) is 8.97. The number of nitrogen functional groups attached to an aromatic ring is 1. The van der Waals surface area contributed by atoms with Gasteiger partial charge in [0.1, 0.15) is 0 Å². The molecule has 0 saturated heterocycles. The molecule has 0 bridgehead atoms. The van der Waals surface area contributed by atoms with Crippen LogP contribution in [0.1, 0.15) is 11.1 Å². The zero-order valence-corrected chi connectivity index (χ0v) is 13.5. The van der Waals surface area contributed by atoms with Crippen LogP contribution in [-0.2, 0) is 6.42 Å². The van der Waals surface area contributed by atoms with Gasteiger partial charge in [0.05, 0.1) is 25.6 Å². The predicted octanol–water partition coefficient (Wildman–Crippen LogP) is 3.31. The van der Waals surface area contributed by atoms with Gasteiger partial charge in [-0.25, -0.2) is 9.97 Å². The average Bonchev–Trinajstić information content (AvgIpc) is 2.99. The standard InChI is InChI=1S/C19H17N3O2/c1-23-15-8-7-12(10-16(15)24-2)17-14-9-11-5-3-4-6-13(11)18(14)22-19(20)21-17/h3-8,10H,9H2,1-2H3,(H2,20,21,22). The zero-order chi connectivity index (χ0) is 16.7. The van der Waals surface area contributed by atoms with E-state index in [1.54, 1.807) is 14.2 Å². The Labute approximate surface area is 140 Å². The third-order valence-corrected chi connectivity index (χ3v) is 4.32. The number of nitrogens with two attached hydrogens (primary N) is 1. The van der Waals surface area contributed by atoms with Gasteiger partial charge < -0.3 is 15.2 Å². The molecule has 1 heterocycles. The topological polar surface area (TPSA) is 70.3 Å². The molecule has 5 heteroatoms. The van der Waals surface area contributed by atoms with Crippen LogP contribution in [0.25, 0.3) is 22.5 Å². The molecule has 1 aromatic heterocycles. The van der Waals surface area contributed by atoms with Gasteiger partial charge in [-0.05, 0) is 23.8 Å². The third-order valence-electron chi connectivity index (χ3n) is 4.32. The lowest BCUT2D eigenvalue weighted by molar-refractivity contribution is 0.355. The largest absolute Gasteiger partial charge is 0.493 e. The molecule has 0 radical (unpaired) electrons. The number of hydrogen-bond acceptors (Lipinski definition) is 5. The van der Waals surface area contributed by atoms with E-state index in [0.717, 1.165) is 34.5 Å². The van der Waals surface area contributed by atoms with Crippen molar-refractivity contribution in [1.29, 1.82) is 0 Å². The van der Waals surface area contributed by atoms with Crippen molar-refractivity contribution in [2.24, 2.45) is 0 Å². The fraction of sp³-hybridized carbons (Fsp3) is 0.158. The van der Waals surface area contributed by atoms with E-state index in [1.807, 2.05) is 30.3 Å². The average molecular weight is 319 g/mol. The van der Waals surface area contributed by atoms with Crippen LogP contribution in [0, 0.1) is 0 Å². The van der Waals surface area contributed by atoms with Gasteiger partial charge in [0.2, 0.25) is 5.95 Å². The van der Waals surface area contributed by atoms with Crippen LogP contribution in [-0.4, -0.2) is 24.2 Å². The van der Waals surface area contributed by atoms with Crippen molar-refractivity contribution in [3.8, 4) is 34.0 Å². The Morgan fingerprint density at radius 1 is 0.917 bits per heavy atom. The highest BCUT2D eigenvalue weighted by Crippen LogP contribution is 2.41. The maximum atomic E-state index is 5.97. The number of hydrogen-bond donors (Lipinski definition) is 1. The van der Waals surface area contributed by atoms with Crippen LogP contribution in [0.4, 0.5) is 5.95 Å². The summed E-state index contributed by atoms with van der Waals surface area (Å²) < 4.78 is 10.7. The molecule has 5 nitrogen and oxygen atoms in total. The van der Waals surface area contributed by atoms with Gasteiger partial charge in [0, 0.05) is 23.1 Å². The highest BCUT2D eigenvalue weighted by molar-refractivity contribution is 5.82. The second-order valence-electron chi connectivity index (χ2n) is 5.66. The van der Waals surface area contributed by atoms with E-state index in [9.17, 15) is 0 Å². The highest BCUT2D eigenvalue weighted by Gasteiger charge is 2.25. The maximum absolute atomic E-state index is 5.97. The molecule has 2 aromatic carbocycles. The minimum absolute atomic E-state index is 0.273. The van der Waals surface area contributed by atoms with Crippen molar-refractivity contribution in [2.45, 2.75) is 6.42 Å². The number of fused-ring (bicyclic) bond motifs is 3. The molecule has 0 unspecified atom stereocenters. The summed E-state index contributed by atoms with van der Waals surface area (Å²) in [6, 6.07) is 14.0. The van der Waals surface area contributed by atoms with E-state index < -0.39 is 0 Å². The Morgan fingerprint density at radius 3 is 2.46 bits per heavy atom. The van der Waals surface area contributed by atoms with E-state index >= 15 is 0 Å². The van der Waals surface area contributed by atoms with Gasteiger partial charge in [-0.2, -0.15) is 0 Å². The van der Waals surface area contributed by atoms with Crippen molar-refractivity contribution >= 4 is 5.95 Å². The summed E-state index contributed by atoms with van der Waals surface area (Å²) in [5, 5.41) is 0. The van der Waals surface area contributed by atoms with Crippen molar-refractivity contribution in [1.82, 2.24) is 9.97 Å². The lowest BCUT2D eigenvalue weighted by Gasteiger charge is -2.12. The SMILES string of the molecule is COc1ccc(-c2nc(N)nc3c2Cc2ccccc2-3)cc1OC. The van der Waals surface area contributed by atoms with Gasteiger partial charge in [-0.15, -0.1) is 0 Å². The van der Waals surface area contributed by atoms with Crippen LogP contribution >= 0.6 is 0 Å². The maximum Gasteiger partial charge on any atom is 0.221 e. The second-order valence-corrected chi connectivity index (χ2v) is 5.66. The number of ether oxygens (including phenoxy) is 2. The van der Waals surface area contributed by atoms with Crippen LogP contribution in [0.5, 0.6) is 11.5 Å². The number of rotatable bonds is 3. The molecule has 120 valence electrons. The van der Waals surface area contributed by atoms with Crippen LogP contribution in [0.3, 0.4) is 0 Å². The molecule has 24 heavy (non-hydrogen) atoms. The molecule has 2 N–H and O–H groups in total. The van der Waals surface area contributed by atoms with Gasteiger partial charge in [0.25, 0.3) is 0 Å². The van der Waals surface area contributed by atoms with Gasteiger partial charge >= 0.3 is 0 Å². The van der Waals surface area contributed by atoms with Crippen molar-refractivity contribution < 1.29 is 9.47 Å². The first-order valence-electron chi connectivity index (χ1n) is 7.68. The number of benzene rings is 2. The summed E-state index contributed by atoms with van der Waals surface area (Å²) in [6.45, 7) is 0. The fourth-order valence-electron chi connectivity index (χ4n) is 3.21. The summed E-state index contributed by atoms with van der Waals surface area (Å²) in [5.74, 6) is 1.62. The zero-order valence-electron chi connectivity index (χ0n) is 13.5. The lowest BCUT2D eigenvalue weighted by atomic mass is 10.0. The molecule has 4 rings (SSSR count). The molecule has 3 aromatic rings. The van der Waals surface area contributed by atoms with Crippen LogP contribution < -0.4 is 15.2 Å². The minimum Gasteiger partial charge on any atom is -0.493 e. The molecule has 0 spiro atoms. The summed E-state index contributed by atoms with van der Waals surface area (Å²) in [7, 11) is 3.24. The van der Waals surface area contributed by atoms with Crippen LogP contribution in [0.2, 0.25) is 0 Å². The van der Waals surface area contributed by atoms with E-state index in [2.05, 4.69) is 22.1 Å². The monoisotopic (exact) mass is 319 g/mol. The number of nitrogens with zero attached hydrogens (tertiary/aromatic N) is 2. The van der Waals surface area contributed by atoms with Crippen molar-refractivity contribution in [3.05, 3.63) is 53.6 Å². The molecule has 1 aliphatic rings. The van der Waals surface area contributed by atoms with E-state index in [1.165, 1.54) is 5.56 Å². The smallest absolute Gasteiger partial charge is 0.221 e. The molecule has 0 saturated carbocycles. The normalized spacial score (nSPS) is 11.8. The molecule has 0 amide bonds. The Kier molecular flexibility index (Phi) is 3.34. The van der Waals surface area contributed by atoms with Crippen molar-refractivity contribution in [2.75, 3.05) is 20.0 Å². The summed E-state index contributed by atoms with van der Waals surface area (Å²) in [5.41, 5.74) is 12.1. The van der Waals surface area contributed by atoms with Gasteiger partial charge in [-0.1, -0.05) is 24.3 Å². The molecule has 1 aliphatic carbocycles. The number of anilines is 1. The van der Waals surface area contributed by atoms with Gasteiger partial charge in [-0.3, -0.25) is 0 Å². The summed E-state index contributed by atoms with van der Waals surface area (Å²) in [6.07, 6.45) is 0.801. The van der Waals surface area contributed by atoms with Crippen molar-refractivity contribution in [3.63, 3.8) is 0 Å². The molecule has 0 aliphatic heterocycles. The number of methoxy groups -OCH3 is 2. The highest BCUT2D eigenvalue weighted by atomic mass is 16.5. The molecule has 0 atom stereocenters. The van der Waals surface area contributed by atoms with Gasteiger partial charge in [0.15, 0.2) is 11.5 Å². The van der Waals surface area contributed by atoms with E-state index in [-0.39, 0.29) is 5.95 Å². The lowest BCUT2D eigenvalue weighted by Crippen LogP contribution is -2.02. The second kappa shape index (κ2) is 5.53. The first-order chi connectivity index (χ1) is 11.7. The Hall–Kier alpha value is -3.08. The first kappa shape index (κ1) is 14.5. The molecular formula is C19H17N3O2. The van der Waals surface area contributed by atoms with E-state index in [0.29, 0.717) is 11.5 Å². The third kappa shape index (κ3) is 2.17. The summed E-state index contributed by atoms with van der Waals surface area (Å²) >= 11 is 0. The fourth-order valence-corrected chi connectivity index (χ4v) is 3.21. The Bertz CT molecular complexity index is 938. The molecule has 0 fully saturated rings. The van der Waals surface area contributed by atoms with Crippen LogP contribution in [0.15, 0.2) is 42.5 Å². The Morgan fingerprint density at radius 2 is 1.67 bits per heavy atom.